The molecule has 3 rings (SSSR count). The molecule has 0 bridgehead atoms. The Bertz CT molecular complexity index is 1200. The van der Waals surface area contributed by atoms with Gasteiger partial charge in [-0.15, -0.1) is 0 Å². The third-order valence-electron chi connectivity index (χ3n) is 5.85. The van der Waals surface area contributed by atoms with Crippen LogP contribution in [0.25, 0.3) is 11.0 Å². The van der Waals surface area contributed by atoms with Crippen molar-refractivity contribution in [2.45, 2.75) is 47.2 Å². The van der Waals surface area contributed by atoms with Crippen LogP contribution in [-0.2, 0) is 17.9 Å². The summed E-state index contributed by atoms with van der Waals surface area (Å²) in [7, 11) is 0. The molecule has 7 heteroatoms. The van der Waals surface area contributed by atoms with E-state index in [9.17, 15) is 14.4 Å². The van der Waals surface area contributed by atoms with Gasteiger partial charge in [-0.3, -0.25) is 9.59 Å². The first-order valence-corrected chi connectivity index (χ1v) is 12.1. The Kier molecular flexibility index (Phi) is 9.06. The first kappa shape index (κ1) is 26.0. The van der Waals surface area contributed by atoms with Crippen molar-refractivity contribution < 1.29 is 14.0 Å². The minimum atomic E-state index is -0.262. The van der Waals surface area contributed by atoms with Gasteiger partial charge < -0.3 is 19.5 Å². The second kappa shape index (κ2) is 12.2. The molecule has 0 spiro atoms. The lowest BCUT2D eigenvalue weighted by atomic mass is 10.1. The lowest BCUT2D eigenvalue weighted by Gasteiger charge is -2.28. The van der Waals surface area contributed by atoms with E-state index in [1.165, 1.54) is 6.26 Å². The smallest absolute Gasteiger partial charge is 0.317 e. The Morgan fingerprint density at radius 2 is 1.77 bits per heavy atom. The fourth-order valence-corrected chi connectivity index (χ4v) is 3.83. The molecule has 1 heterocycles. The lowest BCUT2D eigenvalue weighted by Crippen LogP contribution is -2.47. The molecule has 1 N–H and O–H groups in total. The standard InChI is InChI=1S/C28H35N3O4/c1-5-29-28(34)30(14-13-20(2)3)18-26(32)31(16-22-9-7-6-8-10-22)17-23-19-35-25-12-11-21(4)15-24(25)27(23)33/h6-12,15,19-20H,5,13-14,16-18H2,1-4H3,(H,29,34). The molecule has 0 saturated carbocycles. The minimum Gasteiger partial charge on any atom is -0.464 e. The zero-order valence-electron chi connectivity index (χ0n) is 21.0. The molecule has 3 amide bonds. The lowest BCUT2D eigenvalue weighted by molar-refractivity contribution is -0.133. The SMILES string of the molecule is CCNC(=O)N(CCC(C)C)CC(=O)N(Cc1ccccc1)Cc1coc2ccc(C)cc2c1=O. The fraction of sp³-hybridized carbons (Fsp3) is 0.393. The number of carbonyl (C=O) groups excluding carboxylic acids is 2. The molecule has 1 aromatic heterocycles. The van der Waals surface area contributed by atoms with E-state index in [2.05, 4.69) is 19.2 Å². The van der Waals surface area contributed by atoms with Gasteiger partial charge in [-0.05, 0) is 43.9 Å². The number of amides is 3. The second-order valence-corrected chi connectivity index (χ2v) is 9.26. The maximum Gasteiger partial charge on any atom is 0.317 e. The van der Waals surface area contributed by atoms with Crippen LogP contribution in [0.5, 0.6) is 0 Å². The van der Waals surface area contributed by atoms with Gasteiger partial charge in [0.05, 0.1) is 23.8 Å². The number of hydrogen-bond acceptors (Lipinski definition) is 4. The van der Waals surface area contributed by atoms with Crippen molar-refractivity contribution >= 4 is 22.9 Å². The van der Waals surface area contributed by atoms with Crippen molar-refractivity contribution in [1.82, 2.24) is 15.1 Å². The summed E-state index contributed by atoms with van der Waals surface area (Å²) in [5.41, 5.74) is 2.66. The average Bonchev–Trinajstić information content (AvgIpc) is 2.83. The maximum absolute atomic E-state index is 13.5. The summed E-state index contributed by atoms with van der Waals surface area (Å²) in [5, 5.41) is 3.29. The van der Waals surface area contributed by atoms with E-state index in [4.69, 9.17) is 4.42 Å². The van der Waals surface area contributed by atoms with Gasteiger partial charge in [-0.2, -0.15) is 0 Å². The molecule has 3 aromatic rings. The summed E-state index contributed by atoms with van der Waals surface area (Å²) >= 11 is 0. The normalized spacial score (nSPS) is 11.0. The number of hydrogen-bond donors (Lipinski definition) is 1. The second-order valence-electron chi connectivity index (χ2n) is 9.26. The summed E-state index contributed by atoms with van der Waals surface area (Å²) in [6.07, 6.45) is 2.22. The monoisotopic (exact) mass is 477 g/mol. The van der Waals surface area contributed by atoms with Crippen molar-refractivity contribution in [2.24, 2.45) is 5.92 Å². The number of aryl methyl sites for hydroxylation is 1. The highest BCUT2D eigenvalue weighted by Gasteiger charge is 2.23. The summed E-state index contributed by atoms with van der Waals surface area (Å²) in [6, 6.07) is 14.8. The van der Waals surface area contributed by atoms with E-state index >= 15 is 0 Å². The van der Waals surface area contributed by atoms with Crippen LogP contribution in [-0.4, -0.2) is 41.4 Å². The predicted octanol–water partition coefficient (Wildman–Crippen LogP) is 4.71. The third-order valence-corrected chi connectivity index (χ3v) is 5.85. The van der Waals surface area contributed by atoms with Gasteiger partial charge in [0, 0.05) is 19.6 Å². The Morgan fingerprint density at radius 3 is 2.46 bits per heavy atom. The molecule has 0 aliphatic heterocycles. The topological polar surface area (TPSA) is 82.9 Å². The quantitative estimate of drug-likeness (QED) is 0.459. The van der Waals surface area contributed by atoms with Gasteiger partial charge in [0.2, 0.25) is 5.91 Å². The number of fused-ring (bicyclic) bond motifs is 1. The summed E-state index contributed by atoms with van der Waals surface area (Å²) in [6.45, 7) is 9.24. The average molecular weight is 478 g/mol. The summed E-state index contributed by atoms with van der Waals surface area (Å²) in [5.74, 6) is 0.167. The van der Waals surface area contributed by atoms with Crippen LogP contribution in [0, 0.1) is 12.8 Å². The van der Waals surface area contributed by atoms with Gasteiger partial charge in [0.15, 0.2) is 5.43 Å². The van der Waals surface area contributed by atoms with E-state index in [1.807, 2.05) is 50.2 Å². The van der Waals surface area contributed by atoms with Gasteiger partial charge in [-0.1, -0.05) is 55.8 Å². The molecule has 0 saturated heterocycles. The van der Waals surface area contributed by atoms with Crippen LogP contribution in [0.1, 0.15) is 43.9 Å². The Hall–Kier alpha value is -3.61. The van der Waals surface area contributed by atoms with Crippen LogP contribution in [0.3, 0.4) is 0 Å². The van der Waals surface area contributed by atoms with Gasteiger partial charge in [-0.25, -0.2) is 4.79 Å². The van der Waals surface area contributed by atoms with Crippen LogP contribution in [0.4, 0.5) is 4.79 Å². The number of urea groups is 1. The summed E-state index contributed by atoms with van der Waals surface area (Å²) in [4.78, 5) is 42.5. The number of carbonyl (C=O) groups is 2. The zero-order valence-corrected chi connectivity index (χ0v) is 21.0. The molecule has 7 nitrogen and oxygen atoms in total. The summed E-state index contributed by atoms with van der Waals surface area (Å²) < 4.78 is 5.71. The maximum atomic E-state index is 13.5. The van der Waals surface area contributed by atoms with Crippen LogP contribution >= 0.6 is 0 Å². The number of nitrogens with one attached hydrogen (secondary N) is 1. The van der Waals surface area contributed by atoms with Gasteiger partial charge in [0.1, 0.15) is 12.1 Å². The Balaban J connectivity index is 1.89. The van der Waals surface area contributed by atoms with E-state index in [1.54, 1.807) is 21.9 Å². The van der Waals surface area contributed by atoms with E-state index in [-0.39, 0.29) is 30.5 Å². The van der Waals surface area contributed by atoms with E-state index in [0.29, 0.717) is 42.1 Å². The van der Waals surface area contributed by atoms with Crippen molar-refractivity contribution in [3.63, 3.8) is 0 Å². The molecule has 2 aromatic carbocycles. The van der Waals surface area contributed by atoms with Crippen LogP contribution in [0.15, 0.2) is 64.0 Å². The Morgan fingerprint density at radius 1 is 1.03 bits per heavy atom. The molecule has 186 valence electrons. The molecule has 0 atom stereocenters. The number of rotatable bonds is 10. The highest BCUT2D eigenvalue weighted by atomic mass is 16.3. The van der Waals surface area contributed by atoms with Crippen molar-refractivity contribution in [2.75, 3.05) is 19.6 Å². The molecule has 0 fully saturated rings. The predicted molar refractivity (Wildman–Crippen MR) is 138 cm³/mol. The molecule has 0 aliphatic rings. The minimum absolute atomic E-state index is 0.0661. The highest BCUT2D eigenvalue weighted by Crippen LogP contribution is 2.16. The van der Waals surface area contributed by atoms with E-state index < -0.39 is 0 Å². The van der Waals surface area contributed by atoms with Crippen molar-refractivity contribution in [3.8, 4) is 0 Å². The molecule has 35 heavy (non-hydrogen) atoms. The highest BCUT2D eigenvalue weighted by molar-refractivity contribution is 5.84. The van der Waals surface area contributed by atoms with Crippen molar-refractivity contribution in [1.29, 1.82) is 0 Å². The third kappa shape index (κ3) is 7.18. The molecule has 0 aliphatic carbocycles. The number of benzene rings is 2. The number of nitrogens with zero attached hydrogens (tertiary/aromatic N) is 2. The Labute approximate surface area is 206 Å². The van der Waals surface area contributed by atoms with E-state index in [0.717, 1.165) is 17.5 Å². The van der Waals surface area contributed by atoms with Gasteiger partial charge >= 0.3 is 6.03 Å². The zero-order chi connectivity index (χ0) is 25.4. The molecular weight excluding hydrogens is 442 g/mol. The van der Waals surface area contributed by atoms with Gasteiger partial charge in [0.25, 0.3) is 0 Å². The molecular formula is C28H35N3O4. The molecule has 0 unspecified atom stereocenters. The molecule has 0 radical (unpaired) electrons. The first-order chi connectivity index (χ1) is 16.8. The van der Waals surface area contributed by atoms with Crippen molar-refractivity contribution in [3.05, 3.63) is 81.7 Å². The first-order valence-electron chi connectivity index (χ1n) is 12.1. The van der Waals surface area contributed by atoms with Crippen LogP contribution in [0.2, 0.25) is 0 Å². The van der Waals surface area contributed by atoms with Crippen LogP contribution < -0.4 is 10.7 Å². The largest absolute Gasteiger partial charge is 0.464 e. The fourth-order valence-electron chi connectivity index (χ4n) is 3.83.